The molecule has 0 aromatic carbocycles. The Hall–Kier alpha value is -1.40. The summed E-state index contributed by atoms with van der Waals surface area (Å²) >= 11 is 5.57. The van der Waals surface area contributed by atoms with Gasteiger partial charge in [0.15, 0.2) is 0 Å². The number of carbonyl (C=O) groups excluding carboxylic acids is 1. The maximum Gasteiger partial charge on any atom is 0.277 e. The molecule has 0 bridgehead atoms. The fraction of sp³-hybridized carbons (Fsp3) is 0.444. The van der Waals surface area contributed by atoms with Crippen molar-refractivity contribution >= 4 is 17.5 Å². The van der Waals surface area contributed by atoms with E-state index >= 15 is 0 Å². The molecule has 0 fully saturated rings. The maximum absolute atomic E-state index is 11.6. The first-order chi connectivity index (χ1) is 7.54. The smallest absolute Gasteiger partial charge is 0.277 e. The Bertz CT molecular complexity index is 432. The van der Waals surface area contributed by atoms with Gasteiger partial charge in [-0.15, -0.1) is 0 Å². The van der Waals surface area contributed by atoms with E-state index in [1.807, 2.05) is 0 Å². The summed E-state index contributed by atoms with van der Waals surface area (Å²) in [7, 11) is 1.53. The zero-order valence-electron chi connectivity index (χ0n) is 8.91. The molecule has 6 nitrogen and oxygen atoms in total. The van der Waals surface area contributed by atoms with E-state index < -0.39 is 11.5 Å². The fourth-order valence-electron chi connectivity index (χ4n) is 1.14. The molecule has 1 heterocycles. The summed E-state index contributed by atoms with van der Waals surface area (Å²) in [6, 6.07) is 1.03. The topological polar surface area (TPSA) is 84.1 Å². The molecule has 1 amide bonds. The van der Waals surface area contributed by atoms with Crippen molar-refractivity contribution in [2.75, 3.05) is 13.7 Å². The minimum atomic E-state index is -0.577. The molecule has 0 spiro atoms. The van der Waals surface area contributed by atoms with Crippen molar-refractivity contribution < 1.29 is 9.53 Å². The molecule has 0 unspecified atom stereocenters. The number of H-pyrrole nitrogens is 1. The molecule has 0 aliphatic rings. The molecule has 1 atom stereocenters. The van der Waals surface area contributed by atoms with Gasteiger partial charge in [-0.25, -0.2) is 5.10 Å². The van der Waals surface area contributed by atoms with Gasteiger partial charge in [0.25, 0.3) is 11.5 Å². The van der Waals surface area contributed by atoms with E-state index in [1.165, 1.54) is 13.2 Å². The molecule has 2 N–H and O–H groups in total. The maximum atomic E-state index is 11.6. The van der Waals surface area contributed by atoms with Gasteiger partial charge in [0, 0.05) is 13.2 Å². The number of hydrogen-bond acceptors (Lipinski definition) is 4. The Morgan fingerprint density at radius 1 is 1.75 bits per heavy atom. The summed E-state index contributed by atoms with van der Waals surface area (Å²) < 4.78 is 4.86. The Labute approximate surface area is 97.0 Å². The Morgan fingerprint density at radius 3 is 3.06 bits per heavy atom. The molecule has 7 heteroatoms. The zero-order chi connectivity index (χ0) is 12.1. The summed E-state index contributed by atoms with van der Waals surface area (Å²) in [6.07, 6.45) is 0. The van der Waals surface area contributed by atoms with Crippen LogP contribution in [0.1, 0.15) is 17.3 Å². The Kier molecular flexibility index (Phi) is 4.45. The number of nitrogens with zero attached hydrogens (tertiary/aromatic N) is 1. The first-order valence-corrected chi connectivity index (χ1v) is 4.97. The summed E-state index contributed by atoms with van der Waals surface area (Å²) in [5, 5.41) is 8.24. The van der Waals surface area contributed by atoms with Gasteiger partial charge in [-0.3, -0.25) is 9.59 Å². The molecule has 0 aliphatic carbocycles. The fourth-order valence-corrected chi connectivity index (χ4v) is 1.29. The van der Waals surface area contributed by atoms with Crippen LogP contribution in [0.2, 0.25) is 5.15 Å². The van der Waals surface area contributed by atoms with E-state index in [1.54, 1.807) is 6.92 Å². The molecule has 0 saturated heterocycles. The van der Waals surface area contributed by atoms with Crippen LogP contribution in [0.4, 0.5) is 0 Å². The predicted molar refractivity (Wildman–Crippen MR) is 58.7 cm³/mol. The second-order valence-electron chi connectivity index (χ2n) is 3.26. The van der Waals surface area contributed by atoms with Crippen molar-refractivity contribution in [2.45, 2.75) is 13.0 Å². The van der Waals surface area contributed by atoms with E-state index in [4.69, 9.17) is 16.3 Å². The van der Waals surface area contributed by atoms with Crippen LogP contribution in [0.25, 0.3) is 0 Å². The normalized spacial score (nSPS) is 12.2. The summed E-state index contributed by atoms with van der Waals surface area (Å²) in [4.78, 5) is 22.9. The van der Waals surface area contributed by atoms with E-state index in [0.29, 0.717) is 6.61 Å². The summed E-state index contributed by atoms with van der Waals surface area (Å²) in [5.74, 6) is -0.505. The average molecular weight is 246 g/mol. The number of aromatic amines is 1. The van der Waals surface area contributed by atoms with Crippen LogP contribution in [0.3, 0.4) is 0 Å². The van der Waals surface area contributed by atoms with Crippen LogP contribution >= 0.6 is 11.6 Å². The monoisotopic (exact) mass is 245 g/mol. The molecule has 0 saturated carbocycles. The lowest BCUT2D eigenvalue weighted by Crippen LogP contribution is -2.38. The molecule has 1 aromatic heterocycles. The average Bonchev–Trinajstić information content (AvgIpc) is 2.21. The molecule has 0 radical (unpaired) electrons. The number of aromatic nitrogens is 2. The third kappa shape index (κ3) is 3.32. The standard InChI is InChI=1S/C9H12ClN3O3/c1-5(4-16-2)11-8(14)6-3-7(10)12-13-9(6)15/h3,5H,4H2,1-2H3,(H,11,14)(H,13,15)/t5-/m0/s1. The lowest BCUT2D eigenvalue weighted by molar-refractivity contribution is 0.0904. The van der Waals surface area contributed by atoms with Gasteiger partial charge in [0.1, 0.15) is 10.7 Å². The molecular formula is C9H12ClN3O3. The van der Waals surface area contributed by atoms with Crippen LogP contribution in [0, 0.1) is 0 Å². The lowest BCUT2D eigenvalue weighted by atomic mass is 10.2. The van der Waals surface area contributed by atoms with E-state index in [9.17, 15) is 9.59 Å². The van der Waals surface area contributed by atoms with Gasteiger partial charge >= 0.3 is 0 Å². The highest BCUT2D eigenvalue weighted by molar-refractivity contribution is 6.29. The van der Waals surface area contributed by atoms with Gasteiger partial charge in [-0.1, -0.05) is 11.6 Å². The minimum Gasteiger partial charge on any atom is -0.383 e. The molecular weight excluding hydrogens is 234 g/mol. The molecule has 16 heavy (non-hydrogen) atoms. The van der Waals surface area contributed by atoms with Crippen LogP contribution < -0.4 is 10.9 Å². The number of ether oxygens (including phenoxy) is 1. The zero-order valence-corrected chi connectivity index (χ0v) is 9.67. The highest BCUT2D eigenvalue weighted by Crippen LogP contribution is 2.01. The first-order valence-electron chi connectivity index (χ1n) is 4.59. The predicted octanol–water partition coefficient (Wildman–Crippen LogP) is 0.188. The Balaban J connectivity index is 2.80. The number of carbonyl (C=O) groups is 1. The number of hydrogen-bond donors (Lipinski definition) is 2. The third-order valence-corrected chi connectivity index (χ3v) is 2.00. The van der Waals surface area contributed by atoms with Crippen molar-refractivity contribution in [3.63, 3.8) is 0 Å². The third-order valence-electron chi connectivity index (χ3n) is 1.81. The molecule has 1 aromatic rings. The number of methoxy groups -OCH3 is 1. The molecule has 1 rings (SSSR count). The number of rotatable bonds is 4. The van der Waals surface area contributed by atoms with E-state index in [-0.39, 0.29) is 16.8 Å². The van der Waals surface area contributed by atoms with Gasteiger partial charge in [-0.05, 0) is 13.0 Å². The van der Waals surface area contributed by atoms with Crippen molar-refractivity contribution in [1.82, 2.24) is 15.5 Å². The van der Waals surface area contributed by atoms with E-state index in [0.717, 1.165) is 0 Å². The highest BCUT2D eigenvalue weighted by Gasteiger charge is 2.14. The van der Waals surface area contributed by atoms with Gasteiger partial charge in [-0.2, -0.15) is 5.10 Å². The second-order valence-corrected chi connectivity index (χ2v) is 3.65. The molecule has 88 valence electrons. The lowest BCUT2D eigenvalue weighted by Gasteiger charge is -2.11. The van der Waals surface area contributed by atoms with Crippen molar-refractivity contribution in [3.8, 4) is 0 Å². The first kappa shape index (κ1) is 12.7. The summed E-state index contributed by atoms with van der Waals surface area (Å²) in [6.45, 7) is 2.13. The quantitative estimate of drug-likeness (QED) is 0.793. The van der Waals surface area contributed by atoms with Crippen LogP contribution in [0.5, 0.6) is 0 Å². The highest BCUT2D eigenvalue weighted by atomic mass is 35.5. The van der Waals surface area contributed by atoms with Gasteiger partial charge < -0.3 is 10.1 Å². The number of halogens is 1. The van der Waals surface area contributed by atoms with Crippen LogP contribution in [-0.2, 0) is 4.74 Å². The van der Waals surface area contributed by atoms with Crippen molar-refractivity contribution in [1.29, 1.82) is 0 Å². The van der Waals surface area contributed by atoms with E-state index in [2.05, 4.69) is 15.5 Å². The largest absolute Gasteiger partial charge is 0.383 e. The second kappa shape index (κ2) is 5.62. The van der Waals surface area contributed by atoms with Crippen molar-refractivity contribution in [2.24, 2.45) is 0 Å². The Morgan fingerprint density at radius 2 is 2.44 bits per heavy atom. The number of nitrogens with one attached hydrogen (secondary N) is 2. The van der Waals surface area contributed by atoms with Gasteiger partial charge in [0.2, 0.25) is 0 Å². The van der Waals surface area contributed by atoms with Crippen molar-refractivity contribution in [3.05, 3.63) is 27.1 Å². The molecule has 0 aliphatic heterocycles. The summed E-state index contributed by atoms with van der Waals surface area (Å²) in [5.41, 5.74) is -0.644. The SMILES string of the molecule is COC[C@H](C)NC(=O)c1cc(Cl)n[nH]c1=O. The van der Waals surface area contributed by atoms with Crippen LogP contribution in [-0.4, -0.2) is 35.9 Å². The van der Waals surface area contributed by atoms with Crippen LogP contribution in [0.15, 0.2) is 10.9 Å². The van der Waals surface area contributed by atoms with Gasteiger partial charge in [0.05, 0.1) is 6.61 Å². The number of amides is 1. The minimum absolute atomic E-state index is 0.0594.